The fourth-order valence-corrected chi connectivity index (χ4v) is 0.996. The van der Waals surface area contributed by atoms with Gasteiger partial charge in [0.15, 0.2) is 0 Å². The molecule has 0 saturated heterocycles. The molecule has 0 aliphatic heterocycles. The van der Waals surface area contributed by atoms with E-state index < -0.39 is 0 Å². The Labute approximate surface area is 57.4 Å². The van der Waals surface area contributed by atoms with Crippen LogP contribution in [0.15, 0.2) is 20.8 Å². The highest BCUT2D eigenvalue weighted by Crippen LogP contribution is 2.31. The van der Waals surface area contributed by atoms with Crippen LogP contribution in [0.4, 0.5) is 0 Å². The second-order valence-electron chi connectivity index (χ2n) is 1.82. The molecule has 0 aromatic rings. The van der Waals surface area contributed by atoms with Crippen molar-refractivity contribution in [1.29, 1.82) is 0 Å². The van der Waals surface area contributed by atoms with Crippen LogP contribution in [-0.2, 0) is 0 Å². The molecule has 38 valence electrons. The lowest BCUT2D eigenvalue weighted by Crippen LogP contribution is -1.90. The van der Waals surface area contributed by atoms with Crippen LogP contribution in [0.1, 0.15) is 13.8 Å². The van der Waals surface area contributed by atoms with Gasteiger partial charge in [-0.3, -0.25) is 0 Å². The Kier molecular flexibility index (Phi) is 1.24. The summed E-state index contributed by atoms with van der Waals surface area (Å²) in [5, 5.41) is 0. The second kappa shape index (κ2) is 1.62. The molecule has 0 heterocycles. The molecule has 0 spiro atoms. The molecular weight excluding hydrogens is 199 g/mol. The molecule has 1 rings (SSSR count). The second-order valence-corrected chi connectivity index (χ2v) is 2.90. The first-order chi connectivity index (χ1) is 3.22. The molecule has 0 aromatic heterocycles. The van der Waals surface area contributed by atoms with Crippen LogP contribution in [0.5, 0.6) is 0 Å². The van der Waals surface area contributed by atoms with Crippen molar-refractivity contribution in [2.75, 3.05) is 0 Å². The Morgan fingerprint density at radius 3 is 2.00 bits per heavy atom. The molecule has 7 heavy (non-hydrogen) atoms. The molecule has 0 amide bonds. The summed E-state index contributed by atoms with van der Waals surface area (Å²) >= 11 is 2.36. The molecule has 0 bridgehead atoms. The molecule has 0 nitrogen and oxygen atoms in total. The maximum Gasteiger partial charge on any atom is 0.0188 e. The van der Waals surface area contributed by atoms with Crippen molar-refractivity contribution in [1.82, 2.24) is 0 Å². The molecule has 0 fully saturated rings. The Morgan fingerprint density at radius 1 is 1.43 bits per heavy atom. The molecule has 0 unspecified atom stereocenters. The lowest BCUT2D eigenvalue weighted by Gasteiger charge is -2.11. The van der Waals surface area contributed by atoms with Gasteiger partial charge in [0.1, 0.15) is 0 Å². The minimum absolute atomic E-state index is 1.43. The normalized spacial score (nSPS) is 19.0. The third-order valence-electron chi connectivity index (χ3n) is 1.13. The highest BCUT2D eigenvalue weighted by molar-refractivity contribution is 14.1. The zero-order valence-corrected chi connectivity index (χ0v) is 6.61. The Balaban J connectivity index is 2.73. The summed E-state index contributed by atoms with van der Waals surface area (Å²) in [6.45, 7) is 4.27. The van der Waals surface area contributed by atoms with Crippen molar-refractivity contribution in [3.05, 3.63) is 20.8 Å². The van der Waals surface area contributed by atoms with Crippen LogP contribution in [-0.4, -0.2) is 0 Å². The van der Waals surface area contributed by atoms with E-state index in [9.17, 15) is 0 Å². The van der Waals surface area contributed by atoms with E-state index >= 15 is 0 Å². The van der Waals surface area contributed by atoms with E-state index in [0.717, 1.165) is 0 Å². The summed E-state index contributed by atoms with van der Waals surface area (Å²) in [5.41, 5.74) is 2.86. The maximum atomic E-state index is 2.36. The summed E-state index contributed by atoms with van der Waals surface area (Å²) in [5.74, 6) is 0. The van der Waals surface area contributed by atoms with Gasteiger partial charge in [0.25, 0.3) is 0 Å². The van der Waals surface area contributed by atoms with Crippen molar-refractivity contribution in [2.24, 2.45) is 0 Å². The van der Waals surface area contributed by atoms with Gasteiger partial charge in [0.05, 0.1) is 0 Å². The number of hydrogen-bond acceptors (Lipinski definition) is 0. The number of hydrogen-bond donors (Lipinski definition) is 0. The van der Waals surface area contributed by atoms with E-state index in [1.54, 1.807) is 0 Å². The minimum atomic E-state index is 1.43. The highest BCUT2D eigenvalue weighted by Gasteiger charge is 2.06. The van der Waals surface area contributed by atoms with Gasteiger partial charge in [-0.2, -0.15) is 0 Å². The number of rotatable bonds is 0. The van der Waals surface area contributed by atoms with E-state index in [4.69, 9.17) is 0 Å². The van der Waals surface area contributed by atoms with Crippen molar-refractivity contribution >= 4 is 22.6 Å². The fraction of sp³-hybridized carbons (Fsp3) is 0.333. The van der Waals surface area contributed by atoms with E-state index in [2.05, 4.69) is 42.5 Å². The van der Waals surface area contributed by atoms with E-state index in [-0.39, 0.29) is 0 Å². The predicted molar refractivity (Wildman–Crippen MR) is 40.5 cm³/mol. The SMILES string of the molecule is CC1=CC(C)=C1I. The lowest BCUT2D eigenvalue weighted by molar-refractivity contribution is 1.32. The molecule has 0 atom stereocenters. The van der Waals surface area contributed by atoms with Crippen LogP contribution in [0.3, 0.4) is 0 Å². The minimum Gasteiger partial charge on any atom is -0.0543 e. The fourth-order valence-electron chi connectivity index (χ4n) is 0.685. The summed E-state index contributed by atoms with van der Waals surface area (Å²) < 4.78 is 1.44. The summed E-state index contributed by atoms with van der Waals surface area (Å²) in [7, 11) is 0. The molecular formula is C6H7I. The number of allylic oxidation sites excluding steroid dienone is 4. The third kappa shape index (κ3) is 0.738. The molecule has 0 saturated carbocycles. The average Bonchev–Trinajstić information content (AvgIpc) is 1.68. The first-order valence-electron chi connectivity index (χ1n) is 2.27. The molecule has 1 aliphatic rings. The van der Waals surface area contributed by atoms with Gasteiger partial charge in [-0.1, -0.05) is 6.08 Å². The largest absolute Gasteiger partial charge is 0.0543 e. The standard InChI is InChI=1S/C6H7I/c1-4-3-5(2)6(4)7/h3H,1-2H3. The van der Waals surface area contributed by atoms with Crippen LogP contribution >= 0.6 is 22.6 Å². The number of halogens is 1. The molecule has 1 aliphatic carbocycles. The third-order valence-corrected chi connectivity index (χ3v) is 2.83. The summed E-state index contributed by atoms with van der Waals surface area (Å²) in [6.07, 6.45) is 2.20. The smallest absolute Gasteiger partial charge is 0.0188 e. The molecule has 1 heteroatoms. The highest BCUT2D eigenvalue weighted by atomic mass is 127. The Bertz CT molecular complexity index is 152. The van der Waals surface area contributed by atoms with Crippen molar-refractivity contribution < 1.29 is 0 Å². The lowest BCUT2D eigenvalue weighted by atomic mass is 10.0. The first kappa shape index (κ1) is 5.35. The topological polar surface area (TPSA) is 0 Å². The first-order valence-corrected chi connectivity index (χ1v) is 3.35. The van der Waals surface area contributed by atoms with Gasteiger partial charge in [-0.15, -0.1) is 0 Å². The predicted octanol–water partition coefficient (Wildman–Crippen LogP) is 2.66. The van der Waals surface area contributed by atoms with Gasteiger partial charge in [0.2, 0.25) is 0 Å². The Hall–Kier alpha value is 0.210. The van der Waals surface area contributed by atoms with Gasteiger partial charge in [0, 0.05) is 3.58 Å². The van der Waals surface area contributed by atoms with Crippen molar-refractivity contribution in [3.63, 3.8) is 0 Å². The van der Waals surface area contributed by atoms with Crippen molar-refractivity contribution in [2.45, 2.75) is 13.8 Å². The quantitative estimate of drug-likeness (QED) is 0.534. The van der Waals surface area contributed by atoms with Crippen LogP contribution in [0.2, 0.25) is 0 Å². The van der Waals surface area contributed by atoms with E-state index in [1.807, 2.05) is 0 Å². The Morgan fingerprint density at radius 2 is 2.00 bits per heavy atom. The van der Waals surface area contributed by atoms with E-state index in [1.165, 1.54) is 14.7 Å². The summed E-state index contributed by atoms with van der Waals surface area (Å²) in [4.78, 5) is 0. The average molecular weight is 206 g/mol. The van der Waals surface area contributed by atoms with Gasteiger partial charge < -0.3 is 0 Å². The summed E-state index contributed by atoms with van der Waals surface area (Å²) in [6, 6.07) is 0. The van der Waals surface area contributed by atoms with Gasteiger partial charge in [-0.05, 0) is 47.6 Å². The molecule has 0 radical (unpaired) electrons. The van der Waals surface area contributed by atoms with Crippen molar-refractivity contribution in [3.8, 4) is 0 Å². The zero-order chi connectivity index (χ0) is 5.44. The monoisotopic (exact) mass is 206 g/mol. The molecule has 0 N–H and O–H groups in total. The maximum absolute atomic E-state index is 2.36. The van der Waals surface area contributed by atoms with Gasteiger partial charge >= 0.3 is 0 Å². The van der Waals surface area contributed by atoms with Crippen LogP contribution in [0, 0.1) is 0 Å². The zero-order valence-electron chi connectivity index (χ0n) is 4.46. The van der Waals surface area contributed by atoms with Crippen LogP contribution < -0.4 is 0 Å². The molecule has 0 aromatic carbocycles. The van der Waals surface area contributed by atoms with Crippen LogP contribution in [0.25, 0.3) is 0 Å². The van der Waals surface area contributed by atoms with Gasteiger partial charge in [-0.25, -0.2) is 0 Å². The van der Waals surface area contributed by atoms with E-state index in [0.29, 0.717) is 0 Å².